The van der Waals surface area contributed by atoms with Crippen LogP contribution in [0.15, 0.2) is 85.1 Å². The number of aliphatic carboxylic acids is 1. The van der Waals surface area contributed by atoms with E-state index in [1.165, 1.54) is 0 Å². The molecule has 0 spiro atoms. The van der Waals surface area contributed by atoms with Crippen LogP contribution in [-0.4, -0.2) is 59.3 Å². The molecule has 50 heavy (non-hydrogen) atoms. The summed E-state index contributed by atoms with van der Waals surface area (Å²) in [5, 5.41) is 22.4. The number of carboxylic acid groups (broad SMARTS) is 1. The lowest BCUT2D eigenvalue weighted by Crippen LogP contribution is -2.47. The van der Waals surface area contributed by atoms with Crippen LogP contribution in [0.1, 0.15) is 123 Å². The molecule has 0 aromatic carbocycles. The minimum absolute atomic E-state index is 0.192. The van der Waals surface area contributed by atoms with Crippen molar-refractivity contribution < 1.29 is 34.1 Å². The molecule has 0 aliphatic heterocycles. The number of rotatable bonds is 31. The second-order valence-corrected chi connectivity index (χ2v) is 11.9. The normalized spacial score (nSPS) is 13.5. The first-order valence-corrected chi connectivity index (χ1v) is 18.5. The Hall–Kier alpha value is -3.98. The summed E-state index contributed by atoms with van der Waals surface area (Å²) in [5.41, 5.74) is 0. The van der Waals surface area contributed by atoms with Gasteiger partial charge in [-0.15, -0.1) is 0 Å². The van der Waals surface area contributed by atoms with Crippen LogP contribution in [0.3, 0.4) is 0 Å². The lowest BCUT2D eigenvalue weighted by molar-refractivity contribution is -0.147. The average molecular weight is 697 g/mol. The number of nitrogens with one attached hydrogen (secondary N) is 2. The molecule has 0 saturated heterocycles. The van der Waals surface area contributed by atoms with Crippen LogP contribution in [0.4, 0.5) is 0 Å². The highest BCUT2D eigenvalue weighted by atomic mass is 16.5. The van der Waals surface area contributed by atoms with Crippen molar-refractivity contribution in [3.05, 3.63) is 85.1 Å². The molecule has 9 heteroatoms. The zero-order valence-corrected chi connectivity index (χ0v) is 30.6. The van der Waals surface area contributed by atoms with Gasteiger partial charge in [0.1, 0.15) is 12.1 Å². The molecule has 0 fully saturated rings. The molecule has 0 aromatic heterocycles. The molecular formula is C41H64N2O7. The molecule has 2 atom stereocenters. The number of allylic oxidation sites excluding steroid dienone is 13. The Balaban J connectivity index is 4.35. The van der Waals surface area contributed by atoms with Gasteiger partial charge < -0.3 is 25.6 Å². The molecule has 2 amide bonds. The minimum atomic E-state index is -1.40. The predicted octanol–water partition coefficient (Wildman–Crippen LogP) is 8.14. The van der Waals surface area contributed by atoms with E-state index in [2.05, 4.69) is 97.4 Å². The lowest BCUT2D eigenvalue weighted by Gasteiger charge is -2.14. The number of ether oxygens (including phenoxy) is 1. The van der Waals surface area contributed by atoms with E-state index in [-0.39, 0.29) is 30.9 Å². The summed E-state index contributed by atoms with van der Waals surface area (Å²) in [5.74, 6) is -2.52. The number of carboxylic acids is 1. The van der Waals surface area contributed by atoms with Gasteiger partial charge in [-0.1, -0.05) is 112 Å². The first-order chi connectivity index (χ1) is 24.3. The third-order valence-electron chi connectivity index (χ3n) is 7.34. The van der Waals surface area contributed by atoms with Gasteiger partial charge in [0.25, 0.3) is 0 Å². The summed E-state index contributed by atoms with van der Waals surface area (Å²) in [6, 6.07) is -1.40. The highest BCUT2D eigenvalue weighted by Crippen LogP contribution is 2.13. The highest BCUT2D eigenvalue weighted by molar-refractivity contribution is 5.87. The van der Waals surface area contributed by atoms with Gasteiger partial charge in [-0.25, -0.2) is 4.79 Å². The van der Waals surface area contributed by atoms with Crippen LogP contribution in [0.25, 0.3) is 0 Å². The highest BCUT2D eigenvalue weighted by Gasteiger charge is 2.18. The average Bonchev–Trinajstić information content (AvgIpc) is 3.10. The van der Waals surface area contributed by atoms with E-state index >= 15 is 0 Å². The van der Waals surface area contributed by atoms with Crippen molar-refractivity contribution in [3.63, 3.8) is 0 Å². The Kier molecular flexibility index (Phi) is 32.1. The first kappa shape index (κ1) is 46.0. The third-order valence-corrected chi connectivity index (χ3v) is 7.34. The predicted molar refractivity (Wildman–Crippen MR) is 203 cm³/mol. The van der Waals surface area contributed by atoms with E-state index in [1.807, 2.05) is 12.2 Å². The number of unbranched alkanes of at least 4 members (excludes halogenated alkanes) is 5. The summed E-state index contributed by atoms with van der Waals surface area (Å²) >= 11 is 0. The number of hydrogen-bond donors (Lipinski definition) is 4. The molecule has 0 rings (SSSR count). The maximum Gasteiger partial charge on any atom is 0.328 e. The fourth-order valence-corrected chi connectivity index (χ4v) is 4.53. The van der Waals surface area contributed by atoms with Gasteiger partial charge >= 0.3 is 11.9 Å². The fraction of sp³-hybridized carbons (Fsp3) is 0.561. The van der Waals surface area contributed by atoms with Crippen LogP contribution in [-0.2, 0) is 23.9 Å². The monoisotopic (exact) mass is 696 g/mol. The Morgan fingerprint density at radius 1 is 0.640 bits per heavy atom. The summed E-state index contributed by atoms with van der Waals surface area (Å²) in [6.07, 6.45) is 43.6. The standard InChI is InChI=1S/C41H64N2O7/c1-3-5-7-9-11-12-13-14-15-16-17-18-19-20-21-23-29-33-40(47)50-36(30-26-22-10-8-6-4-2)31-27-24-25-28-32-38(45)42-34-39(46)43-37(35-44)41(48)49/h5,7-8,10-12,14-15,17-18,20-21,26,30,36-37,44H,3-4,6,9,13,16,19,22-25,27-29,31-35H2,1-2H3,(H,42,45)(H,43,46)(H,48,49)/b7-5-,10-8-,12-11-,15-14-,18-17-,21-20-,30-26-. The van der Waals surface area contributed by atoms with Gasteiger partial charge in [0.15, 0.2) is 0 Å². The molecule has 2 unspecified atom stereocenters. The maximum absolute atomic E-state index is 12.6. The second-order valence-electron chi connectivity index (χ2n) is 11.9. The number of carbonyl (C=O) groups is 4. The van der Waals surface area contributed by atoms with E-state index in [0.717, 1.165) is 83.5 Å². The van der Waals surface area contributed by atoms with Gasteiger partial charge in [0, 0.05) is 12.8 Å². The fourth-order valence-electron chi connectivity index (χ4n) is 4.53. The van der Waals surface area contributed by atoms with E-state index in [1.54, 1.807) is 0 Å². The number of esters is 1. The maximum atomic E-state index is 12.6. The molecule has 9 nitrogen and oxygen atoms in total. The van der Waals surface area contributed by atoms with Crippen molar-refractivity contribution in [1.29, 1.82) is 0 Å². The van der Waals surface area contributed by atoms with Crippen molar-refractivity contribution in [1.82, 2.24) is 10.6 Å². The van der Waals surface area contributed by atoms with Gasteiger partial charge in [-0.2, -0.15) is 0 Å². The van der Waals surface area contributed by atoms with Crippen LogP contribution < -0.4 is 10.6 Å². The summed E-state index contributed by atoms with van der Waals surface area (Å²) in [4.78, 5) is 47.2. The minimum Gasteiger partial charge on any atom is -0.480 e. The van der Waals surface area contributed by atoms with Gasteiger partial charge in [0.2, 0.25) is 11.8 Å². The van der Waals surface area contributed by atoms with Crippen molar-refractivity contribution >= 4 is 23.8 Å². The van der Waals surface area contributed by atoms with Gasteiger partial charge in [0.05, 0.1) is 13.2 Å². The van der Waals surface area contributed by atoms with Crippen LogP contribution in [0, 0.1) is 0 Å². The number of aliphatic hydroxyl groups excluding tert-OH is 1. The topological polar surface area (TPSA) is 142 Å². The Bertz CT molecular complexity index is 1120. The van der Waals surface area contributed by atoms with E-state index < -0.39 is 24.5 Å². The molecule has 4 N–H and O–H groups in total. The molecule has 0 heterocycles. The molecule has 0 aromatic rings. The summed E-state index contributed by atoms with van der Waals surface area (Å²) in [6.45, 7) is 3.20. The zero-order valence-electron chi connectivity index (χ0n) is 30.6. The third kappa shape index (κ3) is 31.3. The summed E-state index contributed by atoms with van der Waals surface area (Å²) in [7, 11) is 0. The van der Waals surface area contributed by atoms with Crippen LogP contribution >= 0.6 is 0 Å². The smallest absolute Gasteiger partial charge is 0.328 e. The molecule has 280 valence electrons. The molecule has 0 aliphatic carbocycles. The molecular weight excluding hydrogens is 632 g/mol. The van der Waals surface area contributed by atoms with Crippen molar-refractivity contribution in [2.45, 2.75) is 135 Å². The van der Waals surface area contributed by atoms with E-state index in [0.29, 0.717) is 19.3 Å². The summed E-state index contributed by atoms with van der Waals surface area (Å²) < 4.78 is 5.80. The van der Waals surface area contributed by atoms with Crippen molar-refractivity contribution in [2.75, 3.05) is 13.2 Å². The quantitative estimate of drug-likeness (QED) is 0.0326. The Morgan fingerprint density at radius 3 is 1.78 bits per heavy atom. The number of amides is 2. The SMILES string of the molecule is CC/C=C\C/C=C\C/C=C\C/C=C\C/C=C\CCCC(=O)OC(/C=C\C/C=C\CCC)CCCCCCC(=O)NCC(=O)NC(CO)C(=O)O. The second kappa shape index (κ2) is 34.9. The van der Waals surface area contributed by atoms with Gasteiger partial charge in [-0.3, -0.25) is 14.4 Å². The Morgan fingerprint density at radius 2 is 1.20 bits per heavy atom. The van der Waals surface area contributed by atoms with Crippen LogP contribution in [0.2, 0.25) is 0 Å². The number of aliphatic hydroxyl groups is 1. The molecule has 0 aliphatic rings. The largest absolute Gasteiger partial charge is 0.480 e. The van der Waals surface area contributed by atoms with Crippen molar-refractivity contribution in [2.24, 2.45) is 0 Å². The first-order valence-electron chi connectivity index (χ1n) is 18.5. The number of hydrogen-bond acceptors (Lipinski definition) is 6. The zero-order chi connectivity index (χ0) is 36.9. The molecule has 0 saturated carbocycles. The van der Waals surface area contributed by atoms with Crippen LogP contribution in [0.5, 0.6) is 0 Å². The molecule has 0 bridgehead atoms. The van der Waals surface area contributed by atoms with Crippen molar-refractivity contribution in [3.8, 4) is 0 Å². The number of carbonyl (C=O) groups excluding carboxylic acids is 3. The molecule has 0 radical (unpaired) electrons. The lowest BCUT2D eigenvalue weighted by atomic mass is 10.1. The van der Waals surface area contributed by atoms with E-state index in [4.69, 9.17) is 14.9 Å². The van der Waals surface area contributed by atoms with E-state index in [9.17, 15) is 19.2 Å². The van der Waals surface area contributed by atoms with Gasteiger partial charge in [-0.05, 0) is 83.1 Å². The Labute approximate surface area is 301 Å².